The molecule has 0 heterocycles. The zero-order chi connectivity index (χ0) is 13.8. The molecule has 19 heavy (non-hydrogen) atoms. The molecule has 4 heteroatoms. The van der Waals surface area contributed by atoms with Crippen molar-refractivity contribution in [1.29, 1.82) is 0 Å². The van der Waals surface area contributed by atoms with E-state index in [4.69, 9.17) is 9.47 Å². The molecule has 0 aliphatic carbocycles. The van der Waals surface area contributed by atoms with E-state index in [9.17, 15) is 9.50 Å². The molecule has 0 saturated heterocycles. The first-order valence-electron chi connectivity index (χ1n) is 5.81. The number of methoxy groups -OCH3 is 2. The van der Waals surface area contributed by atoms with E-state index in [1.807, 2.05) is 0 Å². The van der Waals surface area contributed by atoms with E-state index in [2.05, 4.69) is 0 Å². The van der Waals surface area contributed by atoms with Crippen LogP contribution in [-0.4, -0.2) is 19.3 Å². The van der Waals surface area contributed by atoms with Crippen molar-refractivity contribution in [1.82, 2.24) is 0 Å². The Balaban J connectivity index is 2.48. The lowest BCUT2D eigenvalue weighted by Crippen LogP contribution is -2.05. The van der Waals surface area contributed by atoms with Crippen LogP contribution in [0.4, 0.5) is 4.39 Å². The molecule has 0 spiro atoms. The highest BCUT2D eigenvalue weighted by atomic mass is 19.1. The van der Waals surface area contributed by atoms with Crippen molar-refractivity contribution in [3.05, 3.63) is 59.4 Å². The molecule has 0 bridgehead atoms. The molecular formula is C15H15FO3. The molecule has 0 saturated carbocycles. The van der Waals surface area contributed by atoms with E-state index >= 15 is 0 Å². The molecule has 0 aliphatic rings. The second-order valence-electron chi connectivity index (χ2n) is 4.03. The summed E-state index contributed by atoms with van der Waals surface area (Å²) in [5, 5.41) is 10.3. The van der Waals surface area contributed by atoms with Crippen LogP contribution in [0, 0.1) is 5.82 Å². The summed E-state index contributed by atoms with van der Waals surface area (Å²) in [7, 11) is 3.03. The third-order valence-electron chi connectivity index (χ3n) is 2.93. The lowest BCUT2D eigenvalue weighted by molar-refractivity contribution is 0.209. The first-order chi connectivity index (χ1) is 9.17. The van der Waals surface area contributed by atoms with Crippen molar-refractivity contribution in [2.45, 2.75) is 6.10 Å². The number of rotatable bonds is 4. The fourth-order valence-corrected chi connectivity index (χ4v) is 1.92. The van der Waals surface area contributed by atoms with Crippen LogP contribution in [-0.2, 0) is 0 Å². The van der Waals surface area contributed by atoms with E-state index in [1.54, 1.807) is 36.4 Å². The quantitative estimate of drug-likeness (QED) is 0.920. The van der Waals surface area contributed by atoms with E-state index in [0.717, 1.165) is 0 Å². The maximum absolute atomic E-state index is 13.7. The molecule has 1 N–H and O–H groups in total. The van der Waals surface area contributed by atoms with Gasteiger partial charge >= 0.3 is 0 Å². The lowest BCUT2D eigenvalue weighted by Gasteiger charge is -2.16. The number of hydrogen-bond donors (Lipinski definition) is 1. The Kier molecular flexibility index (Phi) is 4.02. The molecule has 0 amide bonds. The molecule has 100 valence electrons. The number of halogens is 1. The van der Waals surface area contributed by atoms with Gasteiger partial charge in [0.15, 0.2) is 0 Å². The molecule has 2 aromatic rings. The van der Waals surface area contributed by atoms with Gasteiger partial charge in [-0.25, -0.2) is 4.39 Å². The molecule has 0 aromatic heterocycles. The van der Waals surface area contributed by atoms with Gasteiger partial charge in [0.2, 0.25) is 0 Å². The maximum Gasteiger partial charge on any atom is 0.129 e. The monoisotopic (exact) mass is 262 g/mol. The first-order valence-corrected chi connectivity index (χ1v) is 5.81. The van der Waals surface area contributed by atoms with Gasteiger partial charge in [0.05, 0.1) is 14.2 Å². The molecule has 1 atom stereocenters. The Morgan fingerprint density at radius 3 is 2.37 bits per heavy atom. The van der Waals surface area contributed by atoms with Gasteiger partial charge in [0, 0.05) is 11.1 Å². The van der Waals surface area contributed by atoms with E-state index in [1.165, 1.54) is 20.3 Å². The summed E-state index contributed by atoms with van der Waals surface area (Å²) in [6.07, 6.45) is -1.11. The minimum Gasteiger partial charge on any atom is -0.497 e. The summed E-state index contributed by atoms with van der Waals surface area (Å²) >= 11 is 0. The van der Waals surface area contributed by atoms with Crippen LogP contribution in [0.2, 0.25) is 0 Å². The van der Waals surface area contributed by atoms with Crippen LogP contribution >= 0.6 is 0 Å². The molecule has 3 nitrogen and oxygen atoms in total. The van der Waals surface area contributed by atoms with E-state index < -0.39 is 11.9 Å². The lowest BCUT2D eigenvalue weighted by atomic mass is 10.00. The highest BCUT2D eigenvalue weighted by Gasteiger charge is 2.19. The number of ether oxygens (including phenoxy) is 2. The number of aliphatic hydroxyl groups is 1. The number of hydrogen-bond acceptors (Lipinski definition) is 3. The predicted octanol–water partition coefficient (Wildman–Crippen LogP) is 2.92. The van der Waals surface area contributed by atoms with E-state index in [-0.39, 0.29) is 5.56 Å². The molecule has 0 aliphatic heterocycles. The van der Waals surface area contributed by atoms with Crippen LogP contribution in [0.3, 0.4) is 0 Å². The fraction of sp³-hybridized carbons (Fsp3) is 0.200. The zero-order valence-electron chi connectivity index (χ0n) is 10.8. The van der Waals surface area contributed by atoms with Gasteiger partial charge in [-0.2, -0.15) is 0 Å². The van der Waals surface area contributed by atoms with Crippen LogP contribution in [0.25, 0.3) is 0 Å². The largest absolute Gasteiger partial charge is 0.497 e. The average Bonchev–Trinajstić information content (AvgIpc) is 2.46. The van der Waals surface area contributed by atoms with Crippen LogP contribution < -0.4 is 9.47 Å². The van der Waals surface area contributed by atoms with Gasteiger partial charge < -0.3 is 14.6 Å². The first kappa shape index (κ1) is 13.4. The Morgan fingerprint density at radius 1 is 1.00 bits per heavy atom. The Bertz CT molecular complexity index is 569. The summed E-state index contributed by atoms with van der Waals surface area (Å²) in [5.74, 6) is 0.600. The maximum atomic E-state index is 13.7. The van der Waals surface area contributed by atoms with Gasteiger partial charge in [0.1, 0.15) is 23.4 Å². The summed E-state index contributed by atoms with van der Waals surface area (Å²) in [6, 6.07) is 11.1. The van der Waals surface area contributed by atoms with Gasteiger partial charge in [-0.05, 0) is 24.3 Å². The van der Waals surface area contributed by atoms with Gasteiger partial charge in [-0.15, -0.1) is 0 Å². The smallest absolute Gasteiger partial charge is 0.129 e. The van der Waals surface area contributed by atoms with Crippen molar-refractivity contribution in [2.24, 2.45) is 0 Å². The van der Waals surface area contributed by atoms with Gasteiger partial charge in [0.25, 0.3) is 0 Å². The third kappa shape index (κ3) is 2.69. The topological polar surface area (TPSA) is 38.7 Å². The summed E-state index contributed by atoms with van der Waals surface area (Å²) < 4.78 is 24.0. The molecule has 2 rings (SSSR count). The predicted molar refractivity (Wildman–Crippen MR) is 70.0 cm³/mol. The highest BCUT2D eigenvalue weighted by Crippen LogP contribution is 2.33. The number of benzene rings is 2. The van der Waals surface area contributed by atoms with Crippen LogP contribution in [0.15, 0.2) is 42.5 Å². The molecular weight excluding hydrogens is 247 g/mol. The van der Waals surface area contributed by atoms with Gasteiger partial charge in [-0.3, -0.25) is 0 Å². The van der Waals surface area contributed by atoms with Crippen molar-refractivity contribution in [2.75, 3.05) is 14.2 Å². The Hall–Kier alpha value is -2.07. The molecule has 2 aromatic carbocycles. The standard InChI is InChI=1S/C15H15FO3/c1-18-10-7-8-14(19-2)12(9-10)15(17)11-5-3-4-6-13(11)16/h3-9,15,17H,1-2H3. The van der Waals surface area contributed by atoms with Crippen LogP contribution in [0.1, 0.15) is 17.2 Å². The summed E-state index contributed by atoms with van der Waals surface area (Å²) in [6.45, 7) is 0. The fourth-order valence-electron chi connectivity index (χ4n) is 1.92. The van der Waals surface area contributed by atoms with Crippen LogP contribution in [0.5, 0.6) is 11.5 Å². The molecule has 0 radical (unpaired) electrons. The summed E-state index contributed by atoms with van der Waals surface area (Å²) in [5.41, 5.74) is 0.668. The van der Waals surface area contributed by atoms with Gasteiger partial charge in [-0.1, -0.05) is 18.2 Å². The normalized spacial score (nSPS) is 12.0. The summed E-state index contributed by atoms with van der Waals surface area (Å²) in [4.78, 5) is 0. The second-order valence-corrected chi connectivity index (χ2v) is 4.03. The van der Waals surface area contributed by atoms with Crippen molar-refractivity contribution >= 4 is 0 Å². The minimum atomic E-state index is -1.11. The molecule has 0 fully saturated rings. The SMILES string of the molecule is COc1ccc(OC)c(C(O)c2ccccc2F)c1. The molecule has 1 unspecified atom stereocenters. The minimum absolute atomic E-state index is 0.203. The third-order valence-corrected chi connectivity index (χ3v) is 2.93. The Morgan fingerprint density at radius 2 is 1.74 bits per heavy atom. The average molecular weight is 262 g/mol. The Labute approximate surface area is 111 Å². The van der Waals surface area contributed by atoms with Crippen molar-refractivity contribution < 1.29 is 19.0 Å². The highest BCUT2D eigenvalue weighted by molar-refractivity contribution is 5.45. The second kappa shape index (κ2) is 5.71. The van der Waals surface area contributed by atoms with E-state index in [0.29, 0.717) is 17.1 Å². The zero-order valence-corrected chi connectivity index (χ0v) is 10.8. The number of aliphatic hydroxyl groups excluding tert-OH is 1. The van der Waals surface area contributed by atoms with Crippen molar-refractivity contribution in [3.63, 3.8) is 0 Å². The van der Waals surface area contributed by atoms with Crippen molar-refractivity contribution in [3.8, 4) is 11.5 Å².